The molecule has 22 heavy (non-hydrogen) atoms. The van der Waals surface area contributed by atoms with Crippen LogP contribution in [0.25, 0.3) is 0 Å². The molecule has 1 aliphatic carbocycles. The summed E-state index contributed by atoms with van der Waals surface area (Å²) in [6.45, 7) is 6.92. The molecular weight excluding hydrogens is 274 g/mol. The van der Waals surface area contributed by atoms with Crippen molar-refractivity contribution in [3.8, 4) is 0 Å². The van der Waals surface area contributed by atoms with Gasteiger partial charge in [0.15, 0.2) is 0 Å². The van der Waals surface area contributed by atoms with Gasteiger partial charge in [-0.05, 0) is 29.4 Å². The molecule has 0 radical (unpaired) electrons. The summed E-state index contributed by atoms with van der Waals surface area (Å²) in [4.78, 5) is 26.4. The predicted octanol–water partition coefficient (Wildman–Crippen LogP) is 3.44. The van der Waals surface area contributed by atoms with Gasteiger partial charge in [0.1, 0.15) is 0 Å². The molecule has 1 heterocycles. The Balaban J connectivity index is 1.76. The summed E-state index contributed by atoms with van der Waals surface area (Å²) in [7, 11) is 0. The molecule has 0 spiro atoms. The zero-order chi connectivity index (χ0) is 15.9. The Morgan fingerprint density at radius 1 is 0.955 bits per heavy atom. The molecule has 116 valence electrons. The summed E-state index contributed by atoms with van der Waals surface area (Å²) in [5, 5.41) is 0. The van der Waals surface area contributed by atoms with Crippen LogP contribution in [0.4, 0.5) is 0 Å². The fraction of sp³-hybridized carbons (Fsp3) is 0.474. The van der Waals surface area contributed by atoms with E-state index in [1.807, 2.05) is 24.3 Å². The van der Waals surface area contributed by atoms with Crippen molar-refractivity contribution >= 4 is 11.8 Å². The highest BCUT2D eigenvalue weighted by Crippen LogP contribution is 2.35. The maximum absolute atomic E-state index is 12.5. The lowest BCUT2D eigenvalue weighted by Crippen LogP contribution is -2.30. The molecule has 2 atom stereocenters. The third-order valence-corrected chi connectivity index (χ3v) is 4.76. The number of imide groups is 1. The summed E-state index contributed by atoms with van der Waals surface area (Å²) in [5.41, 5.74) is 2.38. The minimum Gasteiger partial charge on any atom is -0.278 e. The van der Waals surface area contributed by atoms with Gasteiger partial charge in [-0.15, -0.1) is 0 Å². The van der Waals surface area contributed by atoms with Crippen LogP contribution in [-0.4, -0.2) is 16.7 Å². The maximum atomic E-state index is 12.5. The number of likely N-dealkylation sites (tertiary alicyclic amines) is 1. The van der Waals surface area contributed by atoms with Crippen LogP contribution in [0.15, 0.2) is 36.4 Å². The van der Waals surface area contributed by atoms with Crippen LogP contribution < -0.4 is 0 Å². The highest BCUT2D eigenvalue weighted by Gasteiger charge is 2.46. The standard InChI is InChI=1S/C19H23NO2/c1-19(2,3)14-10-8-13(9-11-14)12-20-17(21)15-6-4-5-7-16(15)18(20)22/h4-5,8-11,15-16H,6-7,12H2,1-3H3. The number of amides is 2. The molecule has 3 rings (SSSR count). The van der Waals surface area contributed by atoms with Crippen molar-refractivity contribution < 1.29 is 9.59 Å². The first-order valence-corrected chi connectivity index (χ1v) is 7.97. The van der Waals surface area contributed by atoms with Gasteiger partial charge >= 0.3 is 0 Å². The van der Waals surface area contributed by atoms with E-state index in [-0.39, 0.29) is 29.1 Å². The van der Waals surface area contributed by atoms with Gasteiger partial charge in [-0.3, -0.25) is 14.5 Å². The van der Waals surface area contributed by atoms with Crippen LogP contribution >= 0.6 is 0 Å². The lowest BCUT2D eigenvalue weighted by Gasteiger charge is -2.20. The summed E-state index contributed by atoms with van der Waals surface area (Å²) >= 11 is 0. The van der Waals surface area contributed by atoms with E-state index in [2.05, 4.69) is 32.9 Å². The van der Waals surface area contributed by atoms with Crippen molar-refractivity contribution in [1.29, 1.82) is 0 Å². The topological polar surface area (TPSA) is 37.4 Å². The Hall–Kier alpha value is -1.90. The number of nitrogens with zero attached hydrogens (tertiary/aromatic N) is 1. The van der Waals surface area contributed by atoms with Crippen LogP contribution in [0.3, 0.4) is 0 Å². The molecular formula is C19H23NO2. The normalized spacial score (nSPS) is 24.8. The monoisotopic (exact) mass is 297 g/mol. The second kappa shape index (κ2) is 5.38. The molecule has 1 fully saturated rings. The van der Waals surface area contributed by atoms with Crippen molar-refractivity contribution in [3.05, 3.63) is 47.5 Å². The van der Waals surface area contributed by atoms with Crippen molar-refractivity contribution in [2.45, 2.75) is 45.6 Å². The first-order chi connectivity index (χ1) is 10.4. The minimum atomic E-state index is -0.133. The quantitative estimate of drug-likeness (QED) is 0.619. The largest absolute Gasteiger partial charge is 0.278 e. The average Bonchev–Trinajstić information content (AvgIpc) is 2.73. The number of fused-ring (bicyclic) bond motifs is 1. The first-order valence-electron chi connectivity index (χ1n) is 7.97. The van der Waals surface area contributed by atoms with Crippen LogP contribution in [0.5, 0.6) is 0 Å². The van der Waals surface area contributed by atoms with E-state index < -0.39 is 0 Å². The van der Waals surface area contributed by atoms with Gasteiger partial charge in [0.05, 0.1) is 18.4 Å². The Morgan fingerprint density at radius 3 is 1.91 bits per heavy atom. The van der Waals surface area contributed by atoms with Crippen LogP contribution in [0.1, 0.15) is 44.7 Å². The van der Waals surface area contributed by atoms with Crippen molar-refractivity contribution in [3.63, 3.8) is 0 Å². The number of benzene rings is 1. The number of hydrogen-bond donors (Lipinski definition) is 0. The van der Waals surface area contributed by atoms with Crippen molar-refractivity contribution in [1.82, 2.24) is 4.90 Å². The Kier molecular flexibility index (Phi) is 3.67. The van der Waals surface area contributed by atoms with Gasteiger partial charge in [-0.1, -0.05) is 57.2 Å². The SMILES string of the molecule is CC(C)(C)c1ccc(CN2C(=O)C3CC=CCC3C2=O)cc1. The zero-order valence-electron chi connectivity index (χ0n) is 13.5. The first kappa shape index (κ1) is 15.0. The third kappa shape index (κ3) is 2.60. The lowest BCUT2D eigenvalue weighted by atomic mass is 9.85. The van der Waals surface area contributed by atoms with Gasteiger partial charge in [0.2, 0.25) is 11.8 Å². The van der Waals surface area contributed by atoms with E-state index in [0.29, 0.717) is 19.4 Å². The van der Waals surface area contributed by atoms with Gasteiger partial charge in [0.25, 0.3) is 0 Å². The molecule has 1 aromatic rings. The molecule has 1 saturated heterocycles. The van der Waals surface area contributed by atoms with Gasteiger partial charge in [-0.2, -0.15) is 0 Å². The number of hydrogen-bond acceptors (Lipinski definition) is 2. The Morgan fingerprint density at radius 2 is 1.45 bits per heavy atom. The predicted molar refractivity (Wildman–Crippen MR) is 86.1 cm³/mol. The van der Waals surface area contributed by atoms with E-state index >= 15 is 0 Å². The van der Waals surface area contributed by atoms with Crippen LogP contribution in [0.2, 0.25) is 0 Å². The Bertz CT molecular complexity index is 596. The molecule has 0 bridgehead atoms. The molecule has 2 aliphatic rings. The van der Waals surface area contributed by atoms with E-state index in [0.717, 1.165) is 5.56 Å². The molecule has 1 aliphatic heterocycles. The van der Waals surface area contributed by atoms with Crippen molar-refractivity contribution in [2.75, 3.05) is 0 Å². The molecule has 0 aromatic heterocycles. The molecule has 0 saturated carbocycles. The summed E-state index contributed by atoms with van der Waals surface area (Å²) < 4.78 is 0. The van der Waals surface area contributed by atoms with Crippen LogP contribution in [-0.2, 0) is 21.5 Å². The zero-order valence-corrected chi connectivity index (χ0v) is 13.5. The second-order valence-corrected chi connectivity index (χ2v) is 7.37. The number of carbonyl (C=O) groups is 2. The number of allylic oxidation sites excluding steroid dienone is 2. The van der Waals surface area contributed by atoms with E-state index in [1.165, 1.54) is 10.5 Å². The van der Waals surface area contributed by atoms with Gasteiger partial charge < -0.3 is 0 Å². The fourth-order valence-electron chi connectivity index (χ4n) is 3.32. The molecule has 0 N–H and O–H groups in total. The number of carbonyl (C=O) groups excluding carboxylic acids is 2. The Labute approximate surface area is 132 Å². The van der Waals surface area contributed by atoms with E-state index in [9.17, 15) is 9.59 Å². The molecule has 2 amide bonds. The minimum absolute atomic E-state index is 0.000696. The highest BCUT2D eigenvalue weighted by atomic mass is 16.2. The van der Waals surface area contributed by atoms with E-state index in [4.69, 9.17) is 0 Å². The third-order valence-electron chi connectivity index (χ3n) is 4.76. The van der Waals surface area contributed by atoms with Crippen molar-refractivity contribution in [2.24, 2.45) is 11.8 Å². The molecule has 3 nitrogen and oxygen atoms in total. The summed E-state index contributed by atoms with van der Waals surface area (Å²) in [6.07, 6.45) is 5.45. The van der Waals surface area contributed by atoms with Gasteiger partial charge in [-0.25, -0.2) is 0 Å². The summed E-state index contributed by atoms with van der Waals surface area (Å²) in [5.74, 6) is -0.267. The smallest absolute Gasteiger partial charge is 0.233 e. The molecule has 2 unspecified atom stereocenters. The molecule has 3 heteroatoms. The average molecular weight is 297 g/mol. The van der Waals surface area contributed by atoms with E-state index in [1.54, 1.807) is 0 Å². The molecule has 1 aromatic carbocycles. The highest BCUT2D eigenvalue weighted by molar-refractivity contribution is 6.05. The number of rotatable bonds is 2. The van der Waals surface area contributed by atoms with Crippen LogP contribution in [0, 0.1) is 11.8 Å². The second-order valence-electron chi connectivity index (χ2n) is 7.37. The fourth-order valence-corrected chi connectivity index (χ4v) is 3.32. The summed E-state index contributed by atoms with van der Waals surface area (Å²) in [6, 6.07) is 8.24. The lowest BCUT2D eigenvalue weighted by molar-refractivity contribution is -0.140. The maximum Gasteiger partial charge on any atom is 0.233 e. The van der Waals surface area contributed by atoms with Gasteiger partial charge in [0, 0.05) is 0 Å².